The number of ether oxygens (including phenoxy) is 2. The molecule has 0 aromatic heterocycles. The summed E-state index contributed by atoms with van der Waals surface area (Å²) in [6.45, 7) is 6.32. The van der Waals surface area contributed by atoms with Crippen LogP contribution >= 0.6 is 0 Å². The molecule has 0 bridgehead atoms. The van der Waals surface area contributed by atoms with Crippen molar-refractivity contribution in [3.63, 3.8) is 0 Å². The summed E-state index contributed by atoms with van der Waals surface area (Å²) in [4.78, 5) is 25.0. The highest BCUT2D eigenvalue weighted by Crippen LogP contribution is 2.27. The third-order valence-corrected chi connectivity index (χ3v) is 7.80. The monoisotopic (exact) mass is 473 g/mol. The largest absolute Gasteiger partial charge is 0.497 e. The maximum atomic E-state index is 13.0. The van der Waals surface area contributed by atoms with E-state index in [-0.39, 0.29) is 35.8 Å². The number of hydrogen-bond acceptors (Lipinski definition) is 6. The van der Waals surface area contributed by atoms with Crippen molar-refractivity contribution < 1.29 is 27.5 Å². The molecular formula is C25H31NO6S. The number of sulfonamides is 1. The van der Waals surface area contributed by atoms with Crippen molar-refractivity contribution in [3.8, 4) is 5.75 Å². The number of carbonyl (C=O) groups is 2. The SMILES string of the molecule is COc1cccc(C(=O)COC(=O)C2CCN(S(=O)(=O)c3ccc(C(C)(C)C)cc3)CC2)c1. The van der Waals surface area contributed by atoms with Gasteiger partial charge < -0.3 is 9.47 Å². The van der Waals surface area contributed by atoms with E-state index in [9.17, 15) is 18.0 Å². The van der Waals surface area contributed by atoms with Gasteiger partial charge in [-0.05, 0) is 48.1 Å². The summed E-state index contributed by atoms with van der Waals surface area (Å²) in [6, 6.07) is 13.6. The number of Topliss-reactive ketones (excluding diaryl/α,β-unsaturated/α-hetero) is 1. The van der Waals surface area contributed by atoms with Crippen LogP contribution in [0.1, 0.15) is 49.5 Å². The first-order valence-corrected chi connectivity index (χ1v) is 12.4. The van der Waals surface area contributed by atoms with Gasteiger partial charge in [0.2, 0.25) is 10.0 Å². The van der Waals surface area contributed by atoms with Crippen LogP contribution < -0.4 is 4.74 Å². The number of nitrogens with zero attached hydrogens (tertiary/aromatic N) is 1. The Morgan fingerprint density at radius 3 is 2.24 bits per heavy atom. The van der Waals surface area contributed by atoms with Gasteiger partial charge in [-0.3, -0.25) is 9.59 Å². The van der Waals surface area contributed by atoms with Crippen LogP contribution in [-0.2, 0) is 25.0 Å². The topological polar surface area (TPSA) is 90.0 Å². The zero-order valence-corrected chi connectivity index (χ0v) is 20.4. The van der Waals surface area contributed by atoms with E-state index in [0.717, 1.165) is 5.56 Å². The Balaban J connectivity index is 1.54. The van der Waals surface area contributed by atoms with Crippen molar-refractivity contribution in [1.82, 2.24) is 4.31 Å². The lowest BCUT2D eigenvalue weighted by molar-refractivity contribution is -0.148. The first kappa shape index (κ1) is 24.9. The average Bonchev–Trinajstić information content (AvgIpc) is 2.82. The van der Waals surface area contributed by atoms with E-state index in [1.807, 2.05) is 12.1 Å². The van der Waals surface area contributed by atoms with Crippen molar-refractivity contribution in [3.05, 3.63) is 59.7 Å². The Bertz CT molecular complexity index is 1090. The second kappa shape index (κ2) is 10.1. The molecule has 1 saturated heterocycles. The Morgan fingerprint density at radius 2 is 1.67 bits per heavy atom. The third kappa shape index (κ3) is 6.00. The number of rotatable bonds is 7. The van der Waals surface area contributed by atoms with Gasteiger partial charge in [-0.15, -0.1) is 0 Å². The van der Waals surface area contributed by atoms with Crippen molar-refractivity contribution >= 4 is 21.8 Å². The molecule has 7 nitrogen and oxygen atoms in total. The predicted octanol–water partition coefficient (Wildman–Crippen LogP) is 3.82. The van der Waals surface area contributed by atoms with Crippen LogP contribution in [0.3, 0.4) is 0 Å². The summed E-state index contributed by atoms with van der Waals surface area (Å²) in [5.74, 6) is -0.676. The van der Waals surface area contributed by atoms with Crippen molar-refractivity contribution in [2.45, 2.75) is 43.9 Å². The molecule has 1 aliphatic heterocycles. The maximum absolute atomic E-state index is 13.0. The lowest BCUT2D eigenvalue weighted by atomic mass is 9.87. The number of hydrogen-bond donors (Lipinski definition) is 0. The van der Waals surface area contributed by atoms with Gasteiger partial charge in [0.05, 0.1) is 17.9 Å². The molecule has 3 rings (SSSR count). The van der Waals surface area contributed by atoms with Crippen molar-refractivity contribution in [1.29, 1.82) is 0 Å². The molecule has 2 aromatic carbocycles. The number of benzene rings is 2. The summed E-state index contributed by atoms with van der Waals surface area (Å²) < 4.78 is 37.7. The molecule has 178 valence electrons. The van der Waals surface area contributed by atoms with Gasteiger partial charge in [-0.1, -0.05) is 45.0 Å². The molecular weight excluding hydrogens is 442 g/mol. The number of ketones is 1. The van der Waals surface area contributed by atoms with Gasteiger partial charge in [-0.25, -0.2) is 8.42 Å². The van der Waals surface area contributed by atoms with Crippen LogP contribution in [-0.4, -0.2) is 51.3 Å². The standard InChI is InChI=1S/C25H31NO6S/c1-25(2,3)20-8-10-22(11-9-20)33(29,30)26-14-12-18(13-15-26)24(28)32-17-23(27)19-6-5-7-21(16-19)31-4/h5-11,16,18H,12-15,17H2,1-4H3. The zero-order chi connectivity index (χ0) is 24.2. The maximum Gasteiger partial charge on any atom is 0.309 e. The molecule has 8 heteroatoms. The Kier molecular flexibility index (Phi) is 7.59. The highest BCUT2D eigenvalue weighted by atomic mass is 32.2. The summed E-state index contributed by atoms with van der Waals surface area (Å²) in [6.07, 6.45) is 0.705. The minimum Gasteiger partial charge on any atom is -0.497 e. The van der Waals surface area contributed by atoms with Crippen LogP contribution in [0, 0.1) is 5.92 Å². The van der Waals surface area contributed by atoms with E-state index in [1.165, 1.54) is 11.4 Å². The molecule has 0 aliphatic carbocycles. The van der Waals surface area contributed by atoms with E-state index in [0.29, 0.717) is 24.2 Å². The normalized spacial score (nSPS) is 15.8. The van der Waals surface area contributed by atoms with E-state index in [4.69, 9.17) is 9.47 Å². The Labute approximate surface area is 195 Å². The first-order valence-electron chi connectivity index (χ1n) is 11.0. The van der Waals surface area contributed by atoms with Crippen molar-refractivity contribution in [2.24, 2.45) is 5.92 Å². The fraction of sp³-hybridized carbons (Fsp3) is 0.440. The molecule has 33 heavy (non-hydrogen) atoms. The first-order chi connectivity index (χ1) is 15.5. The Morgan fingerprint density at radius 1 is 1.03 bits per heavy atom. The molecule has 1 heterocycles. The van der Waals surface area contributed by atoms with Gasteiger partial charge in [0, 0.05) is 18.7 Å². The summed E-state index contributed by atoms with van der Waals surface area (Å²) >= 11 is 0. The van der Waals surface area contributed by atoms with Gasteiger partial charge in [0.15, 0.2) is 12.4 Å². The molecule has 0 saturated carbocycles. The van der Waals surface area contributed by atoms with Crippen LogP contribution in [0.15, 0.2) is 53.4 Å². The smallest absolute Gasteiger partial charge is 0.309 e. The number of esters is 1. The second-order valence-corrected chi connectivity index (χ2v) is 11.2. The molecule has 1 aliphatic rings. The van der Waals surface area contributed by atoms with Gasteiger partial charge in [-0.2, -0.15) is 4.31 Å². The second-order valence-electron chi connectivity index (χ2n) is 9.22. The molecule has 0 unspecified atom stereocenters. The van der Waals surface area contributed by atoms with E-state index in [1.54, 1.807) is 36.4 Å². The number of piperidine rings is 1. The molecule has 0 spiro atoms. The predicted molar refractivity (Wildman–Crippen MR) is 125 cm³/mol. The van der Waals surface area contributed by atoms with Crippen LogP contribution in [0.5, 0.6) is 5.75 Å². The fourth-order valence-electron chi connectivity index (χ4n) is 3.74. The third-order valence-electron chi connectivity index (χ3n) is 5.88. The lowest BCUT2D eigenvalue weighted by Crippen LogP contribution is -2.40. The Hall–Kier alpha value is -2.71. The zero-order valence-electron chi connectivity index (χ0n) is 19.5. The molecule has 0 radical (unpaired) electrons. The molecule has 0 N–H and O–H groups in total. The molecule has 0 atom stereocenters. The summed E-state index contributed by atoms with van der Waals surface area (Å²) in [5.41, 5.74) is 1.40. The quantitative estimate of drug-likeness (QED) is 0.449. The van der Waals surface area contributed by atoms with Crippen molar-refractivity contribution in [2.75, 3.05) is 26.8 Å². The fourth-order valence-corrected chi connectivity index (χ4v) is 5.21. The van der Waals surface area contributed by atoms with Crippen LogP contribution in [0.25, 0.3) is 0 Å². The summed E-state index contributed by atoms with van der Waals surface area (Å²) in [5, 5.41) is 0. The lowest BCUT2D eigenvalue weighted by Gasteiger charge is -2.30. The molecule has 2 aromatic rings. The van der Waals surface area contributed by atoms with E-state index < -0.39 is 21.9 Å². The molecule has 0 amide bonds. The minimum atomic E-state index is -3.63. The number of methoxy groups -OCH3 is 1. The average molecular weight is 474 g/mol. The number of carbonyl (C=O) groups excluding carboxylic acids is 2. The van der Waals surface area contributed by atoms with Gasteiger partial charge >= 0.3 is 5.97 Å². The van der Waals surface area contributed by atoms with E-state index in [2.05, 4.69) is 20.8 Å². The summed E-state index contributed by atoms with van der Waals surface area (Å²) in [7, 11) is -2.12. The highest BCUT2D eigenvalue weighted by molar-refractivity contribution is 7.89. The van der Waals surface area contributed by atoms with Crippen LogP contribution in [0.2, 0.25) is 0 Å². The van der Waals surface area contributed by atoms with E-state index >= 15 is 0 Å². The van der Waals surface area contributed by atoms with Gasteiger partial charge in [0.1, 0.15) is 5.75 Å². The molecule has 1 fully saturated rings. The highest BCUT2D eigenvalue weighted by Gasteiger charge is 2.33. The van der Waals surface area contributed by atoms with Crippen LogP contribution in [0.4, 0.5) is 0 Å². The minimum absolute atomic E-state index is 0.0606. The van der Waals surface area contributed by atoms with Gasteiger partial charge in [0.25, 0.3) is 0 Å².